The third-order valence-electron chi connectivity index (χ3n) is 3.26. The lowest BCUT2D eigenvalue weighted by Gasteiger charge is -2.11. The van der Waals surface area contributed by atoms with E-state index in [4.69, 9.17) is 11.6 Å². The maximum Gasteiger partial charge on any atom is 0.230 e. The van der Waals surface area contributed by atoms with Crippen LogP contribution in [0.3, 0.4) is 0 Å². The van der Waals surface area contributed by atoms with Gasteiger partial charge in [0.15, 0.2) is 5.82 Å². The Hall–Kier alpha value is -1.83. The second kappa shape index (κ2) is 7.83. The summed E-state index contributed by atoms with van der Waals surface area (Å²) in [6.07, 6.45) is 0. The first-order valence-electron chi connectivity index (χ1n) is 7.26. The van der Waals surface area contributed by atoms with Gasteiger partial charge in [-0.05, 0) is 42.6 Å². The normalized spacial score (nSPS) is 12.1. The van der Waals surface area contributed by atoms with Crippen LogP contribution in [0.2, 0.25) is 5.02 Å². The van der Waals surface area contributed by atoms with Crippen LogP contribution in [0.5, 0.6) is 0 Å². The number of hydrogen-bond donors (Lipinski definition) is 2. The van der Waals surface area contributed by atoms with Gasteiger partial charge in [0.2, 0.25) is 11.1 Å². The summed E-state index contributed by atoms with van der Waals surface area (Å²) in [7, 11) is 0. The molecule has 2 N–H and O–H groups in total. The highest BCUT2D eigenvalue weighted by molar-refractivity contribution is 7.99. The van der Waals surface area contributed by atoms with Crippen molar-refractivity contribution in [3.05, 3.63) is 51.7 Å². The van der Waals surface area contributed by atoms with E-state index in [0.29, 0.717) is 16.0 Å². The molecular weight excluding hydrogens is 364 g/mol. The smallest absolute Gasteiger partial charge is 0.230 e. The first kappa shape index (κ1) is 17.0. The van der Waals surface area contributed by atoms with Crippen molar-refractivity contribution in [2.24, 2.45) is 0 Å². The number of aromatic amines is 1. The predicted molar refractivity (Wildman–Crippen MR) is 98.4 cm³/mol. The quantitative estimate of drug-likeness (QED) is 0.632. The van der Waals surface area contributed by atoms with Gasteiger partial charge in [-0.15, -0.1) is 16.4 Å². The standard InChI is InChI=1S/C16H15ClN4OS2/c1-10(13-3-2-8-23-13)18-14(22)9-24-16-19-15(20-21-16)11-4-6-12(17)7-5-11/h2-8,10H,9H2,1H3,(H,18,22)(H,19,20,21). The van der Waals surface area contributed by atoms with E-state index in [0.717, 1.165) is 10.4 Å². The number of thioether (sulfide) groups is 1. The third-order valence-corrected chi connectivity index (χ3v) is 5.42. The number of nitrogens with one attached hydrogen (secondary N) is 2. The maximum absolute atomic E-state index is 12.0. The van der Waals surface area contributed by atoms with E-state index in [9.17, 15) is 4.79 Å². The van der Waals surface area contributed by atoms with Gasteiger partial charge >= 0.3 is 0 Å². The van der Waals surface area contributed by atoms with Crippen molar-refractivity contribution in [3.8, 4) is 11.4 Å². The molecule has 1 atom stereocenters. The van der Waals surface area contributed by atoms with Crippen LogP contribution >= 0.6 is 34.7 Å². The molecule has 2 aromatic heterocycles. The van der Waals surface area contributed by atoms with Gasteiger partial charge in [-0.3, -0.25) is 9.89 Å². The van der Waals surface area contributed by atoms with Crippen LogP contribution in [0.15, 0.2) is 46.9 Å². The number of benzene rings is 1. The number of rotatable bonds is 6. The topological polar surface area (TPSA) is 70.7 Å². The van der Waals surface area contributed by atoms with Crippen molar-refractivity contribution in [2.75, 3.05) is 5.75 Å². The zero-order valence-electron chi connectivity index (χ0n) is 12.8. The van der Waals surface area contributed by atoms with Crippen LogP contribution in [-0.2, 0) is 4.79 Å². The Kier molecular flexibility index (Phi) is 5.55. The lowest BCUT2D eigenvalue weighted by molar-refractivity contribution is -0.119. The fraction of sp³-hybridized carbons (Fsp3) is 0.188. The highest BCUT2D eigenvalue weighted by atomic mass is 35.5. The average molecular weight is 379 g/mol. The van der Waals surface area contributed by atoms with Gasteiger partial charge < -0.3 is 5.32 Å². The minimum absolute atomic E-state index is 0.00914. The highest BCUT2D eigenvalue weighted by Gasteiger charge is 2.12. The number of carbonyl (C=O) groups excluding carboxylic acids is 1. The lowest BCUT2D eigenvalue weighted by atomic mass is 10.2. The van der Waals surface area contributed by atoms with Crippen molar-refractivity contribution >= 4 is 40.6 Å². The Morgan fingerprint density at radius 3 is 2.88 bits per heavy atom. The Morgan fingerprint density at radius 1 is 1.38 bits per heavy atom. The SMILES string of the molecule is CC(NC(=O)CSc1n[nH]c(-c2ccc(Cl)cc2)n1)c1cccs1. The molecule has 24 heavy (non-hydrogen) atoms. The molecule has 0 saturated heterocycles. The van der Waals surface area contributed by atoms with E-state index < -0.39 is 0 Å². The number of amides is 1. The van der Waals surface area contributed by atoms with E-state index in [1.165, 1.54) is 11.8 Å². The molecule has 0 bridgehead atoms. The Labute approximate surface area is 152 Å². The zero-order chi connectivity index (χ0) is 16.9. The second-order valence-corrected chi connectivity index (χ2v) is 7.42. The number of aromatic nitrogens is 3. The molecule has 0 spiro atoms. The number of hydrogen-bond acceptors (Lipinski definition) is 5. The molecule has 2 heterocycles. The summed E-state index contributed by atoms with van der Waals surface area (Å²) in [5, 5.41) is 13.2. The van der Waals surface area contributed by atoms with Crippen LogP contribution in [0.1, 0.15) is 17.8 Å². The van der Waals surface area contributed by atoms with E-state index in [1.807, 2.05) is 36.6 Å². The molecule has 1 unspecified atom stereocenters. The predicted octanol–water partition coefficient (Wildman–Crippen LogP) is 4.16. The molecular formula is C16H15ClN4OS2. The molecule has 0 radical (unpaired) electrons. The summed E-state index contributed by atoms with van der Waals surface area (Å²) in [6.45, 7) is 1.97. The summed E-state index contributed by atoms with van der Waals surface area (Å²) in [5.41, 5.74) is 0.898. The molecule has 0 aliphatic rings. The van der Waals surface area contributed by atoms with Gasteiger partial charge in [-0.25, -0.2) is 4.98 Å². The molecule has 1 amide bonds. The van der Waals surface area contributed by atoms with E-state index >= 15 is 0 Å². The molecule has 3 rings (SSSR count). The van der Waals surface area contributed by atoms with Gasteiger partial charge in [0, 0.05) is 15.5 Å². The van der Waals surface area contributed by atoms with Gasteiger partial charge in [0.05, 0.1) is 11.8 Å². The van der Waals surface area contributed by atoms with Crippen molar-refractivity contribution in [2.45, 2.75) is 18.1 Å². The molecule has 5 nitrogen and oxygen atoms in total. The van der Waals surface area contributed by atoms with E-state index in [2.05, 4.69) is 20.5 Å². The fourth-order valence-corrected chi connectivity index (χ4v) is 3.54. The van der Waals surface area contributed by atoms with Crippen LogP contribution in [0, 0.1) is 0 Å². The van der Waals surface area contributed by atoms with E-state index in [1.54, 1.807) is 23.5 Å². The summed E-state index contributed by atoms with van der Waals surface area (Å²) >= 11 is 8.80. The van der Waals surface area contributed by atoms with Crippen LogP contribution < -0.4 is 5.32 Å². The maximum atomic E-state index is 12.0. The van der Waals surface area contributed by atoms with Gasteiger partial charge in [-0.1, -0.05) is 29.4 Å². The minimum Gasteiger partial charge on any atom is -0.348 e. The highest BCUT2D eigenvalue weighted by Crippen LogP contribution is 2.22. The molecule has 1 aromatic carbocycles. The van der Waals surface area contributed by atoms with E-state index in [-0.39, 0.29) is 17.7 Å². The van der Waals surface area contributed by atoms with Crippen LogP contribution in [0.25, 0.3) is 11.4 Å². The summed E-state index contributed by atoms with van der Waals surface area (Å²) in [6, 6.07) is 11.3. The molecule has 3 aromatic rings. The Balaban J connectivity index is 1.53. The first-order chi connectivity index (χ1) is 11.6. The third kappa shape index (κ3) is 4.37. The molecule has 124 valence electrons. The number of thiophene rings is 1. The summed E-state index contributed by atoms with van der Waals surface area (Å²) in [4.78, 5) is 17.6. The average Bonchev–Trinajstić information content (AvgIpc) is 3.25. The minimum atomic E-state index is -0.0428. The van der Waals surface area contributed by atoms with Crippen molar-refractivity contribution in [1.82, 2.24) is 20.5 Å². The number of carbonyl (C=O) groups is 1. The van der Waals surface area contributed by atoms with Crippen molar-refractivity contribution in [1.29, 1.82) is 0 Å². The van der Waals surface area contributed by atoms with Crippen LogP contribution in [-0.4, -0.2) is 26.8 Å². The molecule has 8 heteroatoms. The Morgan fingerprint density at radius 2 is 2.17 bits per heavy atom. The van der Waals surface area contributed by atoms with Gasteiger partial charge in [-0.2, -0.15) is 0 Å². The largest absolute Gasteiger partial charge is 0.348 e. The number of H-pyrrole nitrogens is 1. The number of halogens is 1. The monoisotopic (exact) mass is 378 g/mol. The molecule has 0 fully saturated rings. The van der Waals surface area contributed by atoms with Crippen molar-refractivity contribution < 1.29 is 4.79 Å². The molecule has 0 aliphatic carbocycles. The van der Waals surface area contributed by atoms with Crippen molar-refractivity contribution in [3.63, 3.8) is 0 Å². The molecule has 0 saturated carbocycles. The Bertz CT molecular complexity index is 802. The zero-order valence-corrected chi connectivity index (χ0v) is 15.2. The van der Waals surface area contributed by atoms with Gasteiger partial charge in [0.1, 0.15) is 0 Å². The number of nitrogens with zero attached hydrogens (tertiary/aromatic N) is 2. The molecule has 0 aliphatic heterocycles. The fourth-order valence-electron chi connectivity index (χ4n) is 2.07. The lowest BCUT2D eigenvalue weighted by Crippen LogP contribution is -2.27. The summed E-state index contributed by atoms with van der Waals surface area (Å²) in [5.74, 6) is 0.883. The summed E-state index contributed by atoms with van der Waals surface area (Å²) < 4.78 is 0. The van der Waals surface area contributed by atoms with Crippen LogP contribution in [0.4, 0.5) is 0 Å². The second-order valence-electron chi connectivity index (χ2n) is 5.07. The first-order valence-corrected chi connectivity index (χ1v) is 9.50. The van der Waals surface area contributed by atoms with Gasteiger partial charge in [0.25, 0.3) is 0 Å².